The summed E-state index contributed by atoms with van der Waals surface area (Å²) in [6.45, 7) is 1.95. The maximum absolute atomic E-state index is 13.4. The number of alkyl halides is 1. The van der Waals surface area contributed by atoms with E-state index in [1.54, 1.807) is 16.8 Å². The zero-order valence-corrected chi connectivity index (χ0v) is 12.4. The van der Waals surface area contributed by atoms with Crippen molar-refractivity contribution >= 4 is 22.8 Å². The quantitative estimate of drug-likeness (QED) is 0.694. The molecule has 108 valence electrons. The molecule has 0 aliphatic rings. The number of nitrogens with zero attached hydrogens (tertiary/aromatic N) is 3. The van der Waals surface area contributed by atoms with E-state index in [2.05, 4.69) is 9.97 Å². The number of benzene rings is 1. The third kappa shape index (κ3) is 2.34. The molecule has 0 saturated carbocycles. The number of halogens is 2. The number of methoxy groups -OCH3 is 1. The second-order valence-corrected chi connectivity index (χ2v) is 4.94. The first-order valence-electron chi connectivity index (χ1n) is 6.38. The Hall–Kier alpha value is -2.14. The van der Waals surface area contributed by atoms with Gasteiger partial charge in [-0.25, -0.2) is 14.4 Å². The second-order valence-electron chi connectivity index (χ2n) is 4.67. The Bertz CT molecular complexity index is 816. The molecule has 0 bridgehead atoms. The number of hydrogen-bond acceptors (Lipinski definition) is 3. The molecule has 2 aromatic heterocycles. The van der Waals surface area contributed by atoms with Crippen molar-refractivity contribution in [3.63, 3.8) is 0 Å². The van der Waals surface area contributed by atoms with Crippen LogP contribution in [0.5, 0.6) is 5.75 Å². The molecule has 1 aromatic carbocycles. The van der Waals surface area contributed by atoms with Gasteiger partial charge in [-0.15, -0.1) is 11.6 Å². The average Bonchev–Trinajstić information content (AvgIpc) is 2.84. The second kappa shape index (κ2) is 5.33. The number of rotatable bonds is 3. The first kappa shape index (κ1) is 13.8. The molecule has 4 nitrogen and oxygen atoms in total. The molecule has 6 heteroatoms. The van der Waals surface area contributed by atoms with Gasteiger partial charge in [0.2, 0.25) is 0 Å². The predicted molar refractivity (Wildman–Crippen MR) is 79.7 cm³/mol. The minimum absolute atomic E-state index is 0.218. The van der Waals surface area contributed by atoms with Gasteiger partial charge in [-0.3, -0.25) is 4.57 Å². The lowest BCUT2D eigenvalue weighted by Crippen LogP contribution is -2.03. The van der Waals surface area contributed by atoms with Gasteiger partial charge in [0.05, 0.1) is 18.7 Å². The summed E-state index contributed by atoms with van der Waals surface area (Å²) in [6, 6.07) is 6.26. The van der Waals surface area contributed by atoms with Crippen LogP contribution in [0.15, 0.2) is 30.5 Å². The van der Waals surface area contributed by atoms with Gasteiger partial charge in [-0.05, 0) is 30.7 Å². The first-order valence-corrected chi connectivity index (χ1v) is 6.91. The summed E-state index contributed by atoms with van der Waals surface area (Å²) < 4.78 is 20.4. The van der Waals surface area contributed by atoms with Crippen LogP contribution in [0, 0.1) is 12.7 Å². The zero-order chi connectivity index (χ0) is 15.0. The fourth-order valence-corrected chi connectivity index (χ4v) is 2.47. The van der Waals surface area contributed by atoms with Crippen molar-refractivity contribution in [2.75, 3.05) is 7.11 Å². The van der Waals surface area contributed by atoms with Crippen molar-refractivity contribution in [2.24, 2.45) is 0 Å². The summed E-state index contributed by atoms with van der Waals surface area (Å²) in [5, 5.41) is 0. The largest absolute Gasteiger partial charge is 0.494 e. The Morgan fingerprint density at radius 1 is 1.33 bits per heavy atom. The van der Waals surface area contributed by atoms with E-state index in [0.29, 0.717) is 22.9 Å². The standard InChI is InChI=1S/C15H13ClFN3O/c1-9-5-11-15(18-8-9)20(14(7-16)19-11)12-4-3-10(17)6-13(12)21-2/h3-6,8H,7H2,1-2H3. The summed E-state index contributed by atoms with van der Waals surface area (Å²) in [7, 11) is 1.50. The number of fused-ring (bicyclic) bond motifs is 1. The highest BCUT2D eigenvalue weighted by Crippen LogP contribution is 2.29. The van der Waals surface area contributed by atoms with Crippen LogP contribution in [0.4, 0.5) is 4.39 Å². The molecule has 0 spiro atoms. The number of imidazole rings is 1. The zero-order valence-electron chi connectivity index (χ0n) is 11.6. The predicted octanol–water partition coefficient (Wildman–Crippen LogP) is 3.62. The SMILES string of the molecule is COc1cc(F)ccc1-n1c(CCl)nc2cc(C)cnc21. The Morgan fingerprint density at radius 3 is 2.86 bits per heavy atom. The van der Waals surface area contributed by atoms with Crippen LogP contribution < -0.4 is 4.74 Å². The number of hydrogen-bond donors (Lipinski definition) is 0. The molecule has 0 aliphatic carbocycles. The van der Waals surface area contributed by atoms with Gasteiger partial charge >= 0.3 is 0 Å². The Morgan fingerprint density at radius 2 is 2.14 bits per heavy atom. The van der Waals surface area contributed by atoms with E-state index < -0.39 is 0 Å². The normalized spacial score (nSPS) is 11.0. The van der Waals surface area contributed by atoms with Gasteiger partial charge in [-0.1, -0.05) is 0 Å². The van der Waals surface area contributed by atoms with Crippen LogP contribution in [-0.4, -0.2) is 21.6 Å². The van der Waals surface area contributed by atoms with Gasteiger partial charge in [0.15, 0.2) is 5.65 Å². The third-order valence-electron chi connectivity index (χ3n) is 3.21. The van der Waals surface area contributed by atoms with E-state index in [-0.39, 0.29) is 11.7 Å². The maximum Gasteiger partial charge on any atom is 0.164 e. The van der Waals surface area contributed by atoms with Gasteiger partial charge < -0.3 is 4.74 Å². The minimum atomic E-state index is -0.365. The van der Waals surface area contributed by atoms with E-state index in [1.165, 1.54) is 19.2 Å². The number of aromatic nitrogens is 3. The number of aryl methyl sites for hydroxylation is 1. The summed E-state index contributed by atoms with van der Waals surface area (Å²) in [6.07, 6.45) is 1.76. The number of ether oxygens (including phenoxy) is 1. The van der Waals surface area contributed by atoms with E-state index in [0.717, 1.165) is 11.1 Å². The van der Waals surface area contributed by atoms with E-state index in [1.807, 2.05) is 13.0 Å². The first-order chi connectivity index (χ1) is 10.1. The van der Waals surface area contributed by atoms with Crippen LogP contribution in [0.1, 0.15) is 11.4 Å². The summed E-state index contributed by atoms with van der Waals surface area (Å²) >= 11 is 5.99. The number of pyridine rings is 1. The van der Waals surface area contributed by atoms with E-state index in [4.69, 9.17) is 16.3 Å². The fourth-order valence-electron chi connectivity index (χ4n) is 2.29. The smallest absolute Gasteiger partial charge is 0.164 e. The molecule has 0 aliphatic heterocycles. The molecule has 0 unspecified atom stereocenters. The molecule has 3 rings (SSSR count). The van der Waals surface area contributed by atoms with Crippen LogP contribution in [0.2, 0.25) is 0 Å². The lowest BCUT2D eigenvalue weighted by molar-refractivity contribution is 0.409. The fraction of sp³-hybridized carbons (Fsp3) is 0.200. The summed E-state index contributed by atoms with van der Waals surface area (Å²) in [4.78, 5) is 8.90. The molecule has 0 amide bonds. The van der Waals surface area contributed by atoms with Gasteiger partial charge in [0, 0.05) is 12.3 Å². The van der Waals surface area contributed by atoms with Crippen molar-refractivity contribution in [3.8, 4) is 11.4 Å². The average molecular weight is 306 g/mol. The molecule has 0 saturated heterocycles. The van der Waals surface area contributed by atoms with Gasteiger partial charge in [-0.2, -0.15) is 0 Å². The third-order valence-corrected chi connectivity index (χ3v) is 3.44. The van der Waals surface area contributed by atoms with Gasteiger partial charge in [0.1, 0.15) is 22.9 Å². The van der Waals surface area contributed by atoms with Crippen LogP contribution in [0.3, 0.4) is 0 Å². The lowest BCUT2D eigenvalue weighted by Gasteiger charge is -2.12. The van der Waals surface area contributed by atoms with Crippen molar-refractivity contribution < 1.29 is 9.13 Å². The Balaban J connectivity index is 2.33. The molecule has 0 radical (unpaired) electrons. The van der Waals surface area contributed by atoms with Crippen LogP contribution >= 0.6 is 11.6 Å². The molecular formula is C15H13ClFN3O. The molecule has 2 heterocycles. The highest BCUT2D eigenvalue weighted by molar-refractivity contribution is 6.17. The van der Waals surface area contributed by atoms with Crippen LogP contribution in [-0.2, 0) is 5.88 Å². The summed E-state index contributed by atoms with van der Waals surface area (Å²) in [5.74, 6) is 0.893. The molecule has 21 heavy (non-hydrogen) atoms. The molecule has 0 N–H and O–H groups in total. The van der Waals surface area contributed by atoms with E-state index >= 15 is 0 Å². The Kier molecular flexibility index (Phi) is 3.51. The summed E-state index contributed by atoms with van der Waals surface area (Å²) in [5.41, 5.74) is 3.09. The van der Waals surface area contributed by atoms with Crippen molar-refractivity contribution in [1.82, 2.24) is 14.5 Å². The minimum Gasteiger partial charge on any atom is -0.494 e. The Labute approximate surface area is 126 Å². The highest BCUT2D eigenvalue weighted by atomic mass is 35.5. The maximum atomic E-state index is 13.4. The van der Waals surface area contributed by atoms with E-state index in [9.17, 15) is 4.39 Å². The van der Waals surface area contributed by atoms with Crippen molar-refractivity contribution in [2.45, 2.75) is 12.8 Å². The highest BCUT2D eigenvalue weighted by Gasteiger charge is 2.16. The molecule has 0 atom stereocenters. The molecule has 3 aromatic rings. The van der Waals surface area contributed by atoms with Crippen molar-refractivity contribution in [1.29, 1.82) is 0 Å². The van der Waals surface area contributed by atoms with Crippen LogP contribution in [0.25, 0.3) is 16.9 Å². The molecular weight excluding hydrogens is 293 g/mol. The van der Waals surface area contributed by atoms with Gasteiger partial charge in [0.25, 0.3) is 0 Å². The monoisotopic (exact) mass is 305 g/mol. The van der Waals surface area contributed by atoms with Crippen molar-refractivity contribution in [3.05, 3.63) is 47.7 Å². The lowest BCUT2D eigenvalue weighted by atomic mass is 10.2. The molecule has 0 fully saturated rings. The topological polar surface area (TPSA) is 39.9 Å².